The summed E-state index contributed by atoms with van der Waals surface area (Å²) in [5, 5.41) is 20.7. The topological polar surface area (TPSA) is 78.8 Å². The molecule has 3 N–H and O–H groups in total. The number of ether oxygens (including phenoxy) is 1. The molecule has 0 aromatic rings. The number of amides is 1. The highest BCUT2D eigenvalue weighted by Gasteiger charge is 2.30. The van der Waals surface area contributed by atoms with Gasteiger partial charge in [-0.3, -0.25) is 0 Å². The van der Waals surface area contributed by atoms with E-state index in [0.717, 1.165) is 0 Å². The van der Waals surface area contributed by atoms with Gasteiger partial charge in [0.05, 0.1) is 18.8 Å². The van der Waals surface area contributed by atoms with E-state index >= 15 is 0 Å². The number of alkyl carbamates (subject to hydrolysis) is 1. The van der Waals surface area contributed by atoms with Crippen LogP contribution < -0.4 is 5.32 Å². The Morgan fingerprint density at radius 1 is 1.27 bits per heavy atom. The number of carbonyl (C=O) groups is 1. The van der Waals surface area contributed by atoms with Crippen molar-refractivity contribution < 1.29 is 19.7 Å². The Morgan fingerprint density at radius 2 is 1.73 bits per heavy atom. The van der Waals surface area contributed by atoms with E-state index in [2.05, 4.69) is 5.32 Å². The van der Waals surface area contributed by atoms with Gasteiger partial charge >= 0.3 is 6.09 Å². The molecule has 0 aliphatic rings. The van der Waals surface area contributed by atoms with Gasteiger partial charge in [0.15, 0.2) is 0 Å². The molecule has 0 rings (SSSR count). The van der Waals surface area contributed by atoms with Crippen LogP contribution in [0.4, 0.5) is 4.79 Å². The van der Waals surface area contributed by atoms with Crippen molar-refractivity contribution in [3.05, 3.63) is 0 Å². The Labute approximate surface area is 90.4 Å². The molecule has 0 unspecified atom stereocenters. The van der Waals surface area contributed by atoms with E-state index in [0.29, 0.717) is 6.42 Å². The zero-order chi connectivity index (χ0) is 12.1. The first kappa shape index (κ1) is 14.2. The molecule has 0 fully saturated rings. The van der Waals surface area contributed by atoms with Crippen molar-refractivity contribution in [3.8, 4) is 0 Å². The van der Waals surface area contributed by atoms with Crippen molar-refractivity contribution >= 4 is 6.09 Å². The Bertz CT molecular complexity index is 198. The van der Waals surface area contributed by atoms with Crippen molar-refractivity contribution in [3.63, 3.8) is 0 Å². The highest BCUT2D eigenvalue weighted by Crippen LogP contribution is 2.12. The average molecular weight is 219 g/mol. The van der Waals surface area contributed by atoms with Gasteiger partial charge in [-0.15, -0.1) is 0 Å². The number of hydrogen-bond acceptors (Lipinski definition) is 4. The third-order valence-electron chi connectivity index (χ3n) is 2.05. The van der Waals surface area contributed by atoms with E-state index in [-0.39, 0.29) is 13.2 Å². The molecule has 0 bridgehead atoms. The second-order valence-electron chi connectivity index (χ2n) is 4.58. The molecule has 1 amide bonds. The van der Waals surface area contributed by atoms with Crippen LogP contribution in [-0.4, -0.2) is 40.7 Å². The standard InChI is InChI=1S/C10H21NO4/c1-5-10(6-12,7-13)11-8(14)15-9(2,3)4/h12-13H,5-7H2,1-4H3,(H,11,14). The number of rotatable bonds is 4. The molecule has 0 aliphatic carbocycles. The van der Waals surface area contributed by atoms with Gasteiger partial charge in [-0.05, 0) is 27.2 Å². The van der Waals surface area contributed by atoms with Crippen LogP contribution in [0.15, 0.2) is 0 Å². The lowest BCUT2D eigenvalue weighted by molar-refractivity contribution is 0.0286. The van der Waals surface area contributed by atoms with Gasteiger partial charge in [0.25, 0.3) is 0 Å². The van der Waals surface area contributed by atoms with E-state index in [1.165, 1.54) is 0 Å². The Morgan fingerprint density at radius 3 is 2.00 bits per heavy atom. The van der Waals surface area contributed by atoms with Crippen LogP contribution in [0.25, 0.3) is 0 Å². The van der Waals surface area contributed by atoms with E-state index in [1.54, 1.807) is 27.7 Å². The fraction of sp³-hybridized carbons (Fsp3) is 0.900. The third kappa shape index (κ3) is 4.99. The predicted octanol–water partition coefficient (Wildman–Crippen LogP) is 0.644. The maximum atomic E-state index is 11.4. The molecule has 90 valence electrons. The molecule has 0 aliphatic heterocycles. The van der Waals surface area contributed by atoms with E-state index < -0.39 is 17.2 Å². The Balaban J connectivity index is 4.36. The summed E-state index contributed by atoms with van der Waals surface area (Å²) in [4.78, 5) is 11.4. The summed E-state index contributed by atoms with van der Waals surface area (Å²) in [5.74, 6) is 0. The summed E-state index contributed by atoms with van der Waals surface area (Å²) in [6, 6.07) is 0. The summed E-state index contributed by atoms with van der Waals surface area (Å²) in [5.41, 5.74) is -1.59. The lowest BCUT2D eigenvalue weighted by atomic mass is 9.99. The molecule has 0 atom stereocenters. The summed E-state index contributed by atoms with van der Waals surface area (Å²) >= 11 is 0. The molecular formula is C10H21NO4. The number of aliphatic hydroxyl groups is 2. The molecule has 0 spiro atoms. The number of carbonyl (C=O) groups excluding carboxylic acids is 1. The summed E-state index contributed by atoms with van der Waals surface area (Å²) in [6.07, 6.45) is -0.202. The fourth-order valence-electron chi connectivity index (χ4n) is 0.961. The quantitative estimate of drug-likeness (QED) is 0.648. The van der Waals surface area contributed by atoms with Gasteiger partial charge in [-0.25, -0.2) is 4.79 Å². The number of hydrogen-bond donors (Lipinski definition) is 3. The van der Waals surface area contributed by atoms with Gasteiger partial charge in [-0.1, -0.05) is 6.92 Å². The van der Waals surface area contributed by atoms with E-state index in [9.17, 15) is 4.79 Å². The van der Waals surface area contributed by atoms with Crippen LogP contribution in [0, 0.1) is 0 Å². The maximum absolute atomic E-state index is 11.4. The van der Waals surface area contributed by atoms with Gasteiger partial charge in [0.1, 0.15) is 5.60 Å². The van der Waals surface area contributed by atoms with Gasteiger partial charge in [-0.2, -0.15) is 0 Å². The fourth-order valence-corrected chi connectivity index (χ4v) is 0.961. The Hall–Kier alpha value is -0.810. The second-order valence-corrected chi connectivity index (χ2v) is 4.58. The van der Waals surface area contributed by atoms with Crippen molar-refractivity contribution in [1.82, 2.24) is 5.32 Å². The van der Waals surface area contributed by atoms with Crippen molar-refractivity contribution in [2.45, 2.75) is 45.3 Å². The monoisotopic (exact) mass is 219 g/mol. The van der Waals surface area contributed by atoms with E-state index in [1.807, 2.05) is 0 Å². The highest BCUT2D eigenvalue weighted by molar-refractivity contribution is 5.68. The van der Waals surface area contributed by atoms with Gasteiger partial charge in [0, 0.05) is 0 Å². The van der Waals surface area contributed by atoms with Crippen molar-refractivity contribution in [1.29, 1.82) is 0 Å². The summed E-state index contributed by atoms with van der Waals surface area (Å²) < 4.78 is 5.03. The van der Waals surface area contributed by atoms with Crippen LogP contribution in [0.3, 0.4) is 0 Å². The lowest BCUT2D eigenvalue weighted by Gasteiger charge is -2.31. The molecule has 15 heavy (non-hydrogen) atoms. The Kier molecular flexibility index (Phi) is 5.03. The second kappa shape index (κ2) is 5.32. The molecule has 0 saturated heterocycles. The summed E-state index contributed by atoms with van der Waals surface area (Å²) in [7, 11) is 0. The normalized spacial score (nSPS) is 12.4. The van der Waals surface area contributed by atoms with Crippen LogP contribution in [0.1, 0.15) is 34.1 Å². The maximum Gasteiger partial charge on any atom is 0.408 e. The molecule has 0 heterocycles. The van der Waals surface area contributed by atoms with E-state index in [4.69, 9.17) is 14.9 Å². The molecular weight excluding hydrogens is 198 g/mol. The van der Waals surface area contributed by atoms with Gasteiger partial charge < -0.3 is 20.3 Å². The first-order chi connectivity index (χ1) is 6.78. The average Bonchev–Trinajstić information content (AvgIpc) is 2.11. The van der Waals surface area contributed by atoms with Crippen LogP contribution in [0.5, 0.6) is 0 Å². The molecule has 5 heteroatoms. The van der Waals surface area contributed by atoms with Crippen molar-refractivity contribution in [2.75, 3.05) is 13.2 Å². The predicted molar refractivity (Wildman–Crippen MR) is 56.6 cm³/mol. The third-order valence-corrected chi connectivity index (χ3v) is 2.05. The van der Waals surface area contributed by atoms with Crippen LogP contribution in [0.2, 0.25) is 0 Å². The minimum absolute atomic E-state index is 0.320. The van der Waals surface area contributed by atoms with Crippen molar-refractivity contribution in [2.24, 2.45) is 0 Å². The van der Waals surface area contributed by atoms with Gasteiger partial charge in [0.2, 0.25) is 0 Å². The zero-order valence-corrected chi connectivity index (χ0v) is 9.83. The minimum Gasteiger partial charge on any atom is -0.444 e. The number of nitrogens with one attached hydrogen (secondary N) is 1. The lowest BCUT2D eigenvalue weighted by Crippen LogP contribution is -2.54. The molecule has 0 radical (unpaired) electrons. The molecule has 0 aromatic heterocycles. The highest BCUT2D eigenvalue weighted by atomic mass is 16.6. The largest absolute Gasteiger partial charge is 0.444 e. The SMILES string of the molecule is CCC(CO)(CO)NC(=O)OC(C)(C)C. The molecule has 0 aromatic carbocycles. The van der Waals surface area contributed by atoms with Crippen LogP contribution >= 0.6 is 0 Å². The zero-order valence-electron chi connectivity index (χ0n) is 9.83. The molecule has 0 saturated carbocycles. The molecule has 5 nitrogen and oxygen atoms in total. The minimum atomic E-state index is -0.998. The first-order valence-electron chi connectivity index (χ1n) is 5.01. The summed E-state index contributed by atoms with van der Waals surface area (Å²) in [6.45, 7) is 6.37. The van der Waals surface area contributed by atoms with Crippen LogP contribution in [-0.2, 0) is 4.74 Å². The first-order valence-corrected chi connectivity index (χ1v) is 5.01. The number of aliphatic hydroxyl groups excluding tert-OH is 2. The smallest absolute Gasteiger partial charge is 0.408 e.